The molecule has 2 bridgehead atoms. The number of nitrogens with zero attached hydrogens (tertiary/aromatic N) is 2. The summed E-state index contributed by atoms with van der Waals surface area (Å²) >= 11 is 0. The van der Waals surface area contributed by atoms with Crippen LogP contribution in [0.15, 0.2) is 48.7 Å². The zero-order chi connectivity index (χ0) is 25.4. The molecule has 8 rings (SSSR count). The smallest absolute Gasteiger partial charge is 0.224 e. The van der Waals surface area contributed by atoms with Gasteiger partial charge in [-0.15, -0.1) is 0 Å². The van der Waals surface area contributed by atoms with Crippen molar-refractivity contribution in [1.82, 2.24) is 4.40 Å². The highest BCUT2D eigenvalue weighted by Gasteiger charge is 2.40. The summed E-state index contributed by atoms with van der Waals surface area (Å²) in [4.78, 5) is 0. The first-order valence-corrected chi connectivity index (χ1v) is 14.3. The van der Waals surface area contributed by atoms with E-state index in [1.165, 1.54) is 91.4 Å². The summed E-state index contributed by atoms with van der Waals surface area (Å²) in [7, 11) is 2.23. The van der Waals surface area contributed by atoms with Crippen molar-refractivity contribution in [3.8, 4) is 0 Å². The summed E-state index contributed by atoms with van der Waals surface area (Å²) in [5.74, 6) is 2.56. The van der Waals surface area contributed by atoms with Crippen molar-refractivity contribution >= 4 is 49.0 Å². The lowest BCUT2D eigenvalue weighted by atomic mass is 9.82. The molecule has 0 radical (unpaired) electrons. The molecule has 0 saturated heterocycles. The molecule has 2 saturated carbocycles. The molecule has 2 aliphatic rings. The molecular formula is C35H37N2+. The van der Waals surface area contributed by atoms with Crippen LogP contribution in [0.1, 0.15) is 74.6 Å². The summed E-state index contributed by atoms with van der Waals surface area (Å²) in [5.41, 5.74) is 11.4. The number of fused-ring (bicyclic) bond motifs is 7. The lowest BCUT2D eigenvalue weighted by molar-refractivity contribution is -0.643. The summed E-state index contributed by atoms with van der Waals surface area (Å²) in [5, 5.41) is 7.01. The van der Waals surface area contributed by atoms with Crippen molar-refractivity contribution in [1.29, 1.82) is 0 Å². The molecule has 37 heavy (non-hydrogen) atoms. The Morgan fingerprint density at radius 3 is 2.43 bits per heavy atom. The van der Waals surface area contributed by atoms with Crippen LogP contribution in [0.2, 0.25) is 0 Å². The monoisotopic (exact) mass is 485 g/mol. The summed E-state index contributed by atoms with van der Waals surface area (Å²) < 4.78 is 5.00. The molecule has 3 aromatic carbocycles. The fourth-order valence-electron chi connectivity index (χ4n) is 8.26. The van der Waals surface area contributed by atoms with Crippen LogP contribution in [0.5, 0.6) is 0 Å². The second kappa shape index (κ2) is 7.04. The maximum absolute atomic E-state index is 2.63. The van der Waals surface area contributed by atoms with Gasteiger partial charge in [-0.3, -0.25) is 0 Å². The van der Waals surface area contributed by atoms with Gasteiger partial charge in [0.25, 0.3) is 0 Å². The minimum absolute atomic E-state index is 0.121. The van der Waals surface area contributed by atoms with Crippen molar-refractivity contribution in [3.63, 3.8) is 0 Å². The van der Waals surface area contributed by atoms with E-state index in [0.29, 0.717) is 0 Å². The average molecular weight is 486 g/mol. The van der Waals surface area contributed by atoms with Gasteiger partial charge in [-0.05, 0) is 108 Å². The number of hydrogen-bond donors (Lipinski definition) is 0. The maximum atomic E-state index is 2.63. The van der Waals surface area contributed by atoms with E-state index in [0.717, 1.165) is 17.8 Å². The molecule has 3 unspecified atom stereocenters. The van der Waals surface area contributed by atoms with Crippen LogP contribution in [-0.4, -0.2) is 4.40 Å². The van der Waals surface area contributed by atoms with E-state index in [9.17, 15) is 0 Å². The predicted molar refractivity (Wildman–Crippen MR) is 156 cm³/mol. The molecule has 3 atom stereocenters. The highest BCUT2D eigenvalue weighted by atomic mass is 15.0. The van der Waals surface area contributed by atoms with Gasteiger partial charge < -0.3 is 4.40 Å². The van der Waals surface area contributed by atoms with Crippen molar-refractivity contribution in [3.05, 3.63) is 70.9 Å². The third kappa shape index (κ3) is 2.79. The molecule has 2 fully saturated rings. The molecule has 2 heteroatoms. The predicted octanol–water partition coefficient (Wildman–Crippen LogP) is 8.63. The van der Waals surface area contributed by atoms with Crippen molar-refractivity contribution in [2.24, 2.45) is 18.9 Å². The molecule has 0 amide bonds. The van der Waals surface area contributed by atoms with Crippen molar-refractivity contribution < 1.29 is 4.57 Å². The minimum Gasteiger partial charge on any atom is -0.307 e. The third-order valence-electron chi connectivity index (χ3n) is 10.3. The summed E-state index contributed by atoms with van der Waals surface area (Å²) in [6.45, 7) is 11.6. The normalized spacial score (nSPS) is 22.2. The topological polar surface area (TPSA) is 8.29 Å². The van der Waals surface area contributed by atoms with Crippen LogP contribution in [0.25, 0.3) is 49.0 Å². The Bertz CT molecular complexity index is 1910. The van der Waals surface area contributed by atoms with Gasteiger partial charge in [0.05, 0.1) is 27.3 Å². The first-order valence-electron chi connectivity index (χ1n) is 14.3. The minimum atomic E-state index is 0.121. The van der Waals surface area contributed by atoms with Gasteiger partial charge in [-0.2, -0.15) is 0 Å². The van der Waals surface area contributed by atoms with E-state index < -0.39 is 0 Å². The fraction of sp³-hybridized carbons (Fsp3) is 0.400. The van der Waals surface area contributed by atoms with Crippen molar-refractivity contribution in [2.45, 2.75) is 71.6 Å². The number of aryl methyl sites for hydroxylation is 3. The molecule has 6 aromatic rings. The SMILES string of the molecule is Cc1cc2c3cc(C(C)(C)C)ccc3n3c4cc(C5CC6CCC5C6)cc5cc[n+](C)c(c(c1C)c23)c54. The second-order valence-corrected chi connectivity index (χ2v) is 13.5. The zero-order valence-electron chi connectivity index (χ0n) is 23.1. The van der Waals surface area contributed by atoms with Crippen LogP contribution in [0, 0.1) is 25.7 Å². The van der Waals surface area contributed by atoms with E-state index in [1.807, 2.05) is 0 Å². The Labute approximate surface area is 219 Å². The van der Waals surface area contributed by atoms with Crippen molar-refractivity contribution in [2.75, 3.05) is 0 Å². The second-order valence-electron chi connectivity index (χ2n) is 13.5. The number of rotatable bonds is 1. The fourth-order valence-corrected chi connectivity index (χ4v) is 8.26. The molecule has 3 heterocycles. The van der Waals surface area contributed by atoms with E-state index in [4.69, 9.17) is 0 Å². The first kappa shape index (κ1) is 21.9. The number of hydrogen-bond acceptors (Lipinski definition) is 0. The third-order valence-corrected chi connectivity index (χ3v) is 10.3. The van der Waals surface area contributed by atoms with Gasteiger partial charge in [0.15, 0.2) is 6.20 Å². The van der Waals surface area contributed by atoms with Gasteiger partial charge in [0.2, 0.25) is 5.52 Å². The molecule has 0 N–H and O–H groups in total. The summed E-state index contributed by atoms with van der Waals surface area (Å²) in [6, 6.07) is 17.2. The lowest BCUT2D eigenvalue weighted by Crippen LogP contribution is -2.29. The summed E-state index contributed by atoms with van der Waals surface area (Å²) in [6.07, 6.45) is 7.99. The Morgan fingerprint density at radius 2 is 1.70 bits per heavy atom. The van der Waals surface area contributed by atoms with Gasteiger partial charge in [-0.25, -0.2) is 4.57 Å². The molecule has 0 spiro atoms. The Balaban J connectivity index is 1.61. The highest BCUT2D eigenvalue weighted by Crippen LogP contribution is 2.54. The van der Waals surface area contributed by atoms with E-state index in [-0.39, 0.29) is 5.41 Å². The Hall–Kier alpha value is -3.13. The van der Waals surface area contributed by atoms with Crippen LogP contribution in [0.4, 0.5) is 0 Å². The molecule has 2 aliphatic carbocycles. The number of benzene rings is 3. The largest absolute Gasteiger partial charge is 0.307 e. The van der Waals surface area contributed by atoms with E-state index in [2.05, 4.69) is 99.3 Å². The Morgan fingerprint density at radius 1 is 0.865 bits per heavy atom. The van der Waals surface area contributed by atoms with Gasteiger partial charge in [-0.1, -0.05) is 39.3 Å². The van der Waals surface area contributed by atoms with Crippen LogP contribution < -0.4 is 4.57 Å². The molecule has 2 nitrogen and oxygen atoms in total. The van der Waals surface area contributed by atoms with Crippen LogP contribution in [-0.2, 0) is 12.5 Å². The molecular weight excluding hydrogens is 448 g/mol. The van der Waals surface area contributed by atoms with Gasteiger partial charge >= 0.3 is 0 Å². The van der Waals surface area contributed by atoms with Gasteiger partial charge in [0, 0.05) is 16.8 Å². The standard InChI is InChI=1S/C35H37N2/c1-19-13-28-27-18-25(35(3,4)5)9-10-29(27)37-30-17-24(26-15-21-7-8-22(26)14-21)16-23-11-12-36(6)34(32(23)30)31(20(19)2)33(28)37/h9-13,16-18,21-22,26H,7-8,14-15H2,1-6H3/q+1. The number of aromatic nitrogens is 2. The first-order chi connectivity index (χ1) is 17.7. The zero-order valence-corrected chi connectivity index (χ0v) is 23.1. The maximum Gasteiger partial charge on any atom is 0.224 e. The van der Waals surface area contributed by atoms with E-state index >= 15 is 0 Å². The Kier molecular flexibility index (Phi) is 4.17. The number of pyridine rings is 2. The van der Waals surface area contributed by atoms with Gasteiger partial charge in [0.1, 0.15) is 7.05 Å². The molecule has 0 aliphatic heterocycles. The highest BCUT2D eigenvalue weighted by molar-refractivity contribution is 6.26. The lowest BCUT2D eigenvalue weighted by Gasteiger charge is -2.23. The average Bonchev–Trinajstić information content (AvgIpc) is 3.58. The molecule has 3 aromatic heterocycles. The van der Waals surface area contributed by atoms with E-state index in [1.54, 1.807) is 5.56 Å². The van der Waals surface area contributed by atoms with Crippen LogP contribution >= 0.6 is 0 Å². The molecule has 186 valence electrons. The van der Waals surface area contributed by atoms with Crippen LogP contribution in [0.3, 0.4) is 0 Å². The quantitative estimate of drug-likeness (QED) is 0.125.